The number of carbonyl (C=O) groups excluding carboxylic acids is 1. The van der Waals surface area contributed by atoms with E-state index in [1.807, 2.05) is 0 Å². The van der Waals surface area contributed by atoms with E-state index in [1.165, 1.54) is 0 Å². The molecule has 0 radical (unpaired) electrons. The van der Waals surface area contributed by atoms with Gasteiger partial charge in [-0.15, -0.1) is 0 Å². The summed E-state index contributed by atoms with van der Waals surface area (Å²) in [5.74, 6) is 0. The van der Waals surface area contributed by atoms with E-state index in [1.54, 1.807) is 12.4 Å². The van der Waals surface area contributed by atoms with Gasteiger partial charge in [-0.3, -0.25) is 0 Å². The number of hydrogen-bond acceptors (Lipinski definition) is 3. The highest BCUT2D eigenvalue weighted by Crippen LogP contribution is 2.16. The van der Waals surface area contributed by atoms with Crippen LogP contribution >= 0.6 is 0 Å². The smallest absolute Gasteiger partial charge is 0.366 e. The zero-order chi connectivity index (χ0) is 12.6. The van der Waals surface area contributed by atoms with Crippen LogP contribution in [0.1, 0.15) is 38.5 Å². The number of urea groups is 1. The molecule has 2 fully saturated rings. The van der Waals surface area contributed by atoms with Crippen LogP contribution in [0.4, 0.5) is 4.79 Å². The van der Waals surface area contributed by atoms with Crippen molar-refractivity contribution in [1.82, 2.24) is 0 Å². The topological polar surface area (TPSA) is 66.8 Å². The Balaban J connectivity index is 1.44. The number of carbonyl (C=O) groups is 1. The lowest BCUT2D eigenvalue weighted by Gasteiger charge is -1.91. The highest BCUT2D eigenvalue weighted by molar-refractivity contribution is 5.89. The second kappa shape index (κ2) is 7.38. The van der Waals surface area contributed by atoms with Crippen LogP contribution in [0.2, 0.25) is 0 Å². The number of unbranched alkanes of at least 4 members (excludes halogenated alkanes) is 2. The summed E-state index contributed by atoms with van der Waals surface area (Å²) in [6.45, 7) is 1.79. The SMILES string of the molecule is O=C(N=CCCCC1CO1)N=CCCCC1CO1. The molecule has 100 valence electrons. The maximum atomic E-state index is 11.2. The normalized spacial score (nSPS) is 26.0. The predicted molar refractivity (Wildman–Crippen MR) is 69.6 cm³/mol. The second-order valence-corrected chi connectivity index (χ2v) is 4.68. The molecule has 0 saturated carbocycles. The molecule has 2 saturated heterocycles. The molecule has 18 heavy (non-hydrogen) atoms. The van der Waals surface area contributed by atoms with Gasteiger partial charge in [0.25, 0.3) is 0 Å². The molecule has 2 amide bonds. The zero-order valence-corrected chi connectivity index (χ0v) is 10.6. The minimum atomic E-state index is -0.402. The first-order valence-electron chi connectivity index (χ1n) is 6.67. The van der Waals surface area contributed by atoms with Gasteiger partial charge in [0.1, 0.15) is 0 Å². The summed E-state index contributed by atoms with van der Waals surface area (Å²) in [6, 6.07) is -0.402. The first-order valence-corrected chi connectivity index (χ1v) is 6.67. The van der Waals surface area contributed by atoms with Crippen molar-refractivity contribution in [2.24, 2.45) is 9.98 Å². The number of epoxide rings is 2. The minimum Gasteiger partial charge on any atom is -0.373 e. The average Bonchev–Trinajstić information content (AvgIpc) is 3.23. The van der Waals surface area contributed by atoms with Gasteiger partial charge in [-0.1, -0.05) is 0 Å². The van der Waals surface area contributed by atoms with Gasteiger partial charge in [0.15, 0.2) is 0 Å². The van der Waals surface area contributed by atoms with Crippen LogP contribution in [-0.2, 0) is 9.47 Å². The van der Waals surface area contributed by atoms with Crippen molar-refractivity contribution in [3.63, 3.8) is 0 Å². The molecule has 0 aromatic heterocycles. The predicted octanol–water partition coefficient (Wildman–Crippen LogP) is 2.39. The molecule has 0 aromatic rings. The molecule has 2 unspecified atom stereocenters. The molecular weight excluding hydrogens is 232 g/mol. The molecule has 2 aliphatic rings. The number of hydrogen-bond donors (Lipinski definition) is 0. The number of aliphatic imine (C=N–C) groups is 2. The molecule has 0 spiro atoms. The molecule has 5 nitrogen and oxygen atoms in total. The quantitative estimate of drug-likeness (QED) is 0.378. The lowest BCUT2D eigenvalue weighted by Crippen LogP contribution is -1.91. The molecular formula is C13H20N2O3. The maximum absolute atomic E-state index is 11.2. The Kier molecular flexibility index (Phi) is 5.48. The van der Waals surface area contributed by atoms with Crippen molar-refractivity contribution in [2.45, 2.75) is 50.7 Å². The zero-order valence-electron chi connectivity index (χ0n) is 10.6. The first-order chi connectivity index (χ1) is 8.84. The highest BCUT2D eigenvalue weighted by atomic mass is 16.6. The summed E-state index contributed by atoms with van der Waals surface area (Å²) >= 11 is 0. The Morgan fingerprint density at radius 2 is 1.44 bits per heavy atom. The third-order valence-corrected chi connectivity index (χ3v) is 2.93. The van der Waals surface area contributed by atoms with E-state index in [2.05, 4.69) is 9.98 Å². The second-order valence-electron chi connectivity index (χ2n) is 4.68. The maximum Gasteiger partial charge on any atom is 0.366 e. The van der Waals surface area contributed by atoms with E-state index in [4.69, 9.17) is 9.47 Å². The van der Waals surface area contributed by atoms with E-state index >= 15 is 0 Å². The molecule has 0 aliphatic carbocycles. The Morgan fingerprint density at radius 1 is 1.00 bits per heavy atom. The van der Waals surface area contributed by atoms with Crippen LogP contribution in [0.25, 0.3) is 0 Å². The van der Waals surface area contributed by atoms with E-state index < -0.39 is 6.03 Å². The van der Waals surface area contributed by atoms with E-state index in [0.717, 1.165) is 51.7 Å². The third kappa shape index (κ3) is 6.61. The summed E-state index contributed by atoms with van der Waals surface area (Å²) in [7, 11) is 0. The Labute approximate surface area is 107 Å². The molecule has 2 atom stereocenters. The Morgan fingerprint density at radius 3 is 1.83 bits per heavy atom. The number of nitrogens with zero attached hydrogens (tertiary/aromatic N) is 2. The van der Waals surface area contributed by atoms with E-state index in [-0.39, 0.29) is 0 Å². The van der Waals surface area contributed by atoms with Crippen molar-refractivity contribution in [3.8, 4) is 0 Å². The van der Waals surface area contributed by atoms with Gasteiger partial charge in [-0.2, -0.15) is 0 Å². The standard InChI is InChI=1S/C13H20N2O3/c16-13(14-7-3-1-5-11-9-17-11)15-8-4-2-6-12-10-18-12/h7-8,11-12H,1-6,9-10H2. The van der Waals surface area contributed by atoms with E-state index in [9.17, 15) is 4.79 Å². The molecule has 2 aliphatic heterocycles. The molecule has 0 N–H and O–H groups in total. The molecule has 2 heterocycles. The van der Waals surface area contributed by atoms with Crippen molar-refractivity contribution >= 4 is 18.5 Å². The van der Waals surface area contributed by atoms with Crippen LogP contribution in [-0.4, -0.2) is 43.9 Å². The van der Waals surface area contributed by atoms with Crippen molar-refractivity contribution in [3.05, 3.63) is 0 Å². The molecule has 0 aromatic carbocycles. The van der Waals surface area contributed by atoms with Crippen LogP contribution in [0, 0.1) is 0 Å². The van der Waals surface area contributed by atoms with Gasteiger partial charge in [-0.05, 0) is 38.5 Å². The summed E-state index contributed by atoms with van der Waals surface area (Å²) in [4.78, 5) is 18.7. The van der Waals surface area contributed by atoms with Gasteiger partial charge in [-0.25, -0.2) is 14.8 Å². The van der Waals surface area contributed by atoms with Crippen molar-refractivity contribution in [2.75, 3.05) is 13.2 Å². The fraction of sp³-hybridized carbons (Fsp3) is 0.769. The lowest BCUT2D eigenvalue weighted by molar-refractivity contribution is 0.257. The Hall–Kier alpha value is -1.07. The summed E-state index contributed by atoms with van der Waals surface area (Å²) in [5.41, 5.74) is 0. The first kappa shape index (κ1) is 13.4. The molecule has 5 heteroatoms. The summed E-state index contributed by atoms with van der Waals surface area (Å²) in [6.07, 6.45) is 10.0. The third-order valence-electron chi connectivity index (χ3n) is 2.93. The summed E-state index contributed by atoms with van der Waals surface area (Å²) in [5, 5.41) is 0. The largest absolute Gasteiger partial charge is 0.373 e. The van der Waals surface area contributed by atoms with Crippen LogP contribution in [0.5, 0.6) is 0 Å². The molecule has 2 rings (SSSR count). The fourth-order valence-corrected chi connectivity index (χ4v) is 1.66. The monoisotopic (exact) mass is 252 g/mol. The van der Waals surface area contributed by atoms with Crippen LogP contribution < -0.4 is 0 Å². The molecule has 0 bridgehead atoms. The van der Waals surface area contributed by atoms with Gasteiger partial charge in [0.2, 0.25) is 0 Å². The van der Waals surface area contributed by atoms with Crippen molar-refractivity contribution < 1.29 is 14.3 Å². The van der Waals surface area contributed by atoms with Crippen molar-refractivity contribution in [1.29, 1.82) is 0 Å². The number of rotatable bonds is 8. The highest BCUT2D eigenvalue weighted by Gasteiger charge is 2.21. The van der Waals surface area contributed by atoms with Gasteiger partial charge < -0.3 is 9.47 Å². The van der Waals surface area contributed by atoms with E-state index in [0.29, 0.717) is 12.2 Å². The fourth-order valence-electron chi connectivity index (χ4n) is 1.66. The summed E-state index contributed by atoms with van der Waals surface area (Å²) < 4.78 is 10.2. The van der Waals surface area contributed by atoms with Crippen LogP contribution in [0.3, 0.4) is 0 Å². The minimum absolute atomic E-state index is 0.402. The number of amides is 2. The lowest BCUT2D eigenvalue weighted by atomic mass is 10.2. The van der Waals surface area contributed by atoms with Gasteiger partial charge >= 0.3 is 6.03 Å². The Bertz CT molecular complexity index is 290. The van der Waals surface area contributed by atoms with Crippen LogP contribution in [0.15, 0.2) is 9.98 Å². The number of ether oxygens (including phenoxy) is 2. The average molecular weight is 252 g/mol. The van der Waals surface area contributed by atoms with Gasteiger partial charge in [0, 0.05) is 12.4 Å². The van der Waals surface area contributed by atoms with Gasteiger partial charge in [0.05, 0.1) is 25.4 Å².